The van der Waals surface area contributed by atoms with Gasteiger partial charge < -0.3 is 5.73 Å². The monoisotopic (exact) mass is 299 g/mol. The van der Waals surface area contributed by atoms with Crippen molar-refractivity contribution in [1.82, 2.24) is 9.78 Å². The second kappa shape index (κ2) is 4.96. The van der Waals surface area contributed by atoms with E-state index in [1.165, 1.54) is 17.1 Å². The Morgan fingerprint density at radius 1 is 1.42 bits per heavy atom. The molecular formula is C12H14ClN3O2S. The topological polar surface area (TPSA) is 78.0 Å². The van der Waals surface area contributed by atoms with Crippen LogP contribution < -0.4 is 5.73 Å². The fraction of sp³-hybridized carbons (Fsp3) is 0.250. The number of hydrogen-bond acceptors (Lipinski definition) is 4. The standard InChI is InChI=1S/C12H14ClN3O2S/c1-8(14)11-4-3-9(5-12(11)13)16-7-10(6-15-16)19(2,17)18/h3-8H,14H2,1-2H3. The first kappa shape index (κ1) is 14.0. The summed E-state index contributed by atoms with van der Waals surface area (Å²) in [4.78, 5) is 0.167. The number of nitrogens with two attached hydrogens (primary N) is 1. The highest BCUT2D eigenvalue weighted by Gasteiger charge is 2.12. The Hall–Kier alpha value is -1.37. The Labute approximate surface area is 116 Å². The SMILES string of the molecule is CC(N)c1ccc(-n2cc(S(C)(=O)=O)cn2)cc1Cl. The molecule has 1 heterocycles. The van der Waals surface area contributed by atoms with E-state index in [2.05, 4.69) is 5.10 Å². The maximum absolute atomic E-state index is 11.4. The Balaban J connectivity index is 2.43. The Morgan fingerprint density at radius 2 is 2.11 bits per heavy atom. The molecule has 0 saturated carbocycles. The lowest BCUT2D eigenvalue weighted by atomic mass is 10.1. The number of hydrogen-bond donors (Lipinski definition) is 1. The summed E-state index contributed by atoms with van der Waals surface area (Å²) in [5, 5.41) is 4.55. The maximum atomic E-state index is 11.4. The number of benzene rings is 1. The van der Waals surface area contributed by atoms with Gasteiger partial charge in [-0.25, -0.2) is 13.1 Å². The van der Waals surface area contributed by atoms with E-state index in [4.69, 9.17) is 17.3 Å². The van der Waals surface area contributed by atoms with Crippen molar-refractivity contribution in [3.63, 3.8) is 0 Å². The van der Waals surface area contributed by atoms with Crippen LogP contribution in [0.15, 0.2) is 35.5 Å². The molecule has 2 N–H and O–H groups in total. The zero-order chi connectivity index (χ0) is 14.2. The highest BCUT2D eigenvalue weighted by atomic mass is 35.5. The molecular weight excluding hydrogens is 286 g/mol. The quantitative estimate of drug-likeness (QED) is 0.939. The molecule has 0 radical (unpaired) electrons. The van der Waals surface area contributed by atoms with Crippen LogP contribution >= 0.6 is 11.6 Å². The van der Waals surface area contributed by atoms with E-state index in [0.29, 0.717) is 10.7 Å². The smallest absolute Gasteiger partial charge is 0.178 e. The van der Waals surface area contributed by atoms with Gasteiger partial charge in [-0.05, 0) is 24.6 Å². The first-order chi connectivity index (χ1) is 8.79. The Bertz CT molecular complexity index is 708. The van der Waals surface area contributed by atoms with E-state index in [1.807, 2.05) is 13.0 Å². The number of nitrogens with zero attached hydrogens (tertiary/aromatic N) is 2. The minimum absolute atomic E-state index is 0.161. The molecule has 1 aromatic heterocycles. The van der Waals surface area contributed by atoms with Gasteiger partial charge in [-0.3, -0.25) is 0 Å². The second-order valence-electron chi connectivity index (χ2n) is 4.39. The second-order valence-corrected chi connectivity index (χ2v) is 6.81. The van der Waals surface area contributed by atoms with Gasteiger partial charge in [-0.15, -0.1) is 0 Å². The van der Waals surface area contributed by atoms with Crippen LogP contribution in [0.2, 0.25) is 5.02 Å². The minimum Gasteiger partial charge on any atom is -0.324 e. The molecule has 0 aliphatic rings. The third kappa shape index (κ3) is 2.97. The van der Waals surface area contributed by atoms with E-state index >= 15 is 0 Å². The van der Waals surface area contributed by atoms with Gasteiger partial charge in [0.2, 0.25) is 0 Å². The van der Waals surface area contributed by atoms with Crippen molar-refractivity contribution in [2.75, 3.05) is 6.26 Å². The van der Waals surface area contributed by atoms with Crippen molar-refractivity contribution < 1.29 is 8.42 Å². The molecule has 0 saturated heterocycles. The third-order valence-electron chi connectivity index (χ3n) is 2.73. The summed E-state index contributed by atoms with van der Waals surface area (Å²) in [5.74, 6) is 0. The normalized spacial score (nSPS) is 13.5. The molecule has 1 atom stereocenters. The Morgan fingerprint density at radius 3 is 2.58 bits per heavy atom. The van der Waals surface area contributed by atoms with E-state index in [-0.39, 0.29) is 10.9 Å². The lowest BCUT2D eigenvalue weighted by molar-refractivity contribution is 0.602. The van der Waals surface area contributed by atoms with Gasteiger partial charge in [0.15, 0.2) is 9.84 Å². The van der Waals surface area contributed by atoms with E-state index < -0.39 is 9.84 Å². The lowest BCUT2D eigenvalue weighted by Crippen LogP contribution is -2.06. The van der Waals surface area contributed by atoms with Crippen molar-refractivity contribution in [2.24, 2.45) is 5.73 Å². The van der Waals surface area contributed by atoms with Gasteiger partial charge in [-0.1, -0.05) is 17.7 Å². The summed E-state index contributed by atoms with van der Waals surface area (Å²) in [7, 11) is -3.26. The van der Waals surface area contributed by atoms with Crippen LogP contribution in [0.3, 0.4) is 0 Å². The molecule has 0 fully saturated rings. The minimum atomic E-state index is -3.26. The molecule has 0 aliphatic carbocycles. The molecule has 7 heteroatoms. The summed E-state index contributed by atoms with van der Waals surface area (Å²) in [6.45, 7) is 1.84. The van der Waals surface area contributed by atoms with Gasteiger partial charge >= 0.3 is 0 Å². The molecule has 1 unspecified atom stereocenters. The van der Waals surface area contributed by atoms with E-state index in [9.17, 15) is 8.42 Å². The molecule has 0 amide bonds. The summed E-state index contributed by atoms with van der Waals surface area (Å²) in [6.07, 6.45) is 3.90. The summed E-state index contributed by atoms with van der Waals surface area (Å²) >= 11 is 6.13. The molecule has 2 rings (SSSR count). The zero-order valence-electron chi connectivity index (χ0n) is 10.5. The van der Waals surface area contributed by atoms with Gasteiger partial charge in [0.05, 0.1) is 11.9 Å². The summed E-state index contributed by atoms with van der Waals surface area (Å²) < 4.78 is 24.2. The van der Waals surface area contributed by atoms with Gasteiger partial charge in [0.1, 0.15) is 4.90 Å². The van der Waals surface area contributed by atoms with Crippen LogP contribution in [0.4, 0.5) is 0 Å². The number of sulfone groups is 1. The lowest BCUT2D eigenvalue weighted by Gasteiger charge is -2.10. The van der Waals surface area contributed by atoms with Crippen molar-refractivity contribution in [1.29, 1.82) is 0 Å². The highest BCUT2D eigenvalue weighted by molar-refractivity contribution is 7.90. The van der Waals surface area contributed by atoms with Crippen molar-refractivity contribution in [3.05, 3.63) is 41.2 Å². The van der Waals surface area contributed by atoms with Crippen molar-refractivity contribution in [2.45, 2.75) is 17.9 Å². The molecule has 0 aliphatic heterocycles. The maximum Gasteiger partial charge on any atom is 0.178 e. The number of rotatable bonds is 3. The summed E-state index contributed by atoms with van der Waals surface area (Å²) in [6, 6.07) is 5.15. The molecule has 0 bridgehead atoms. The summed E-state index contributed by atoms with van der Waals surface area (Å²) in [5.41, 5.74) is 7.30. The number of aromatic nitrogens is 2. The third-order valence-corrected chi connectivity index (χ3v) is 4.12. The predicted octanol–water partition coefficient (Wildman–Crippen LogP) is 1.95. The van der Waals surface area contributed by atoms with Gasteiger partial charge in [0, 0.05) is 23.5 Å². The van der Waals surface area contributed by atoms with Crippen molar-refractivity contribution >= 4 is 21.4 Å². The molecule has 0 spiro atoms. The van der Waals surface area contributed by atoms with Crippen LogP contribution in [0.5, 0.6) is 0 Å². The average molecular weight is 300 g/mol. The van der Waals surface area contributed by atoms with Gasteiger partial charge in [0.25, 0.3) is 0 Å². The first-order valence-electron chi connectivity index (χ1n) is 5.59. The van der Waals surface area contributed by atoms with Gasteiger partial charge in [-0.2, -0.15) is 5.10 Å². The van der Waals surface area contributed by atoms with E-state index in [1.54, 1.807) is 12.1 Å². The fourth-order valence-electron chi connectivity index (χ4n) is 1.67. The van der Waals surface area contributed by atoms with Crippen LogP contribution in [-0.4, -0.2) is 24.5 Å². The van der Waals surface area contributed by atoms with Crippen LogP contribution in [-0.2, 0) is 9.84 Å². The number of halogens is 1. The zero-order valence-corrected chi connectivity index (χ0v) is 12.1. The largest absolute Gasteiger partial charge is 0.324 e. The van der Waals surface area contributed by atoms with Crippen LogP contribution in [0.1, 0.15) is 18.5 Å². The highest BCUT2D eigenvalue weighted by Crippen LogP contribution is 2.24. The van der Waals surface area contributed by atoms with E-state index in [0.717, 1.165) is 11.8 Å². The first-order valence-corrected chi connectivity index (χ1v) is 7.86. The average Bonchev–Trinajstić information content (AvgIpc) is 2.76. The Kier molecular flexibility index (Phi) is 3.66. The predicted molar refractivity (Wildman–Crippen MR) is 74.3 cm³/mol. The van der Waals surface area contributed by atoms with Crippen molar-refractivity contribution in [3.8, 4) is 5.69 Å². The molecule has 102 valence electrons. The molecule has 5 nitrogen and oxygen atoms in total. The molecule has 19 heavy (non-hydrogen) atoms. The fourth-order valence-corrected chi connectivity index (χ4v) is 2.54. The van der Waals surface area contributed by atoms with Crippen LogP contribution in [0, 0.1) is 0 Å². The molecule has 1 aromatic carbocycles. The van der Waals surface area contributed by atoms with Crippen LogP contribution in [0.25, 0.3) is 5.69 Å². The molecule has 2 aromatic rings.